The Morgan fingerprint density at radius 1 is 1.33 bits per heavy atom. The van der Waals surface area contributed by atoms with Crippen LogP contribution in [0.1, 0.15) is 31.9 Å². The van der Waals surface area contributed by atoms with E-state index in [0.29, 0.717) is 17.9 Å². The van der Waals surface area contributed by atoms with Crippen molar-refractivity contribution >= 4 is 0 Å². The lowest BCUT2D eigenvalue weighted by Crippen LogP contribution is -2.28. The Morgan fingerprint density at radius 3 is 2.47 bits per heavy atom. The van der Waals surface area contributed by atoms with Gasteiger partial charge in [0.15, 0.2) is 0 Å². The quantitative estimate of drug-likeness (QED) is 0.802. The molecule has 1 rings (SSSR count). The number of aliphatic hydroxyl groups excluding tert-OH is 1. The van der Waals surface area contributed by atoms with Gasteiger partial charge in [0.25, 0.3) is 0 Å². The highest BCUT2D eigenvalue weighted by Gasteiger charge is 2.20. The molecule has 84 valence electrons. The minimum atomic E-state index is -0.693. The van der Waals surface area contributed by atoms with E-state index < -0.39 is 12.1 Å². The first-order valence-electron chi connectivity index (χ1n) is 5.20. The van der Waals surface area contributed by atoms with Crippen LogP contribution < -0.4 is 5.73 Å². The Bertz CT molecular complexity index is 314. The molecule has 0 bridgehead atoms. The van der Waals surface area contributed by atoms with Gasteiger partial charge in [0.05, 0.1) is 12.1 Å². The van der Waals surface area contributed by atoms with Crippen LogP contribution in [0.15, 0.2) is 24.3 Å². The molecule has 0 aliphatic heterocycles. The number of hydrogen-bond acceptors (Lipinski definition) is 2. The van der Waals surface area contributed by atoms with Crippen molar-refractivity contribution in [2.75, 3.05) is 0 Å². The fraction of sp³-hybridized carbons (Fsp3) is 0.500. The van der Waals surface area contributed by atoms with Crippen LogP contribution in [0.3, 0.4) is 0 Å². The van der Waals surface area contributed by atoms with E-state index in [1.165, 1.54) is 6.07 Å². The molecule has 0 unspecified atom stereocenters. The van der Waals surface area contributed by atoms with Gasteiger partial charge in [-0.15, -0.1) is 0 Å². The highest BCUT2D eigenvalue weighted by molar-refractivity contribution is 5.21. The van der Waals surface area contributed by atoms with Crippen molar-refractivity contribution in [2.24, 2.45) is 11.7 Å². The summed E-state index contributed by atoms with van der Waals surface area (Å²) in [4.78, 5) is 0. The second-order valence-electron chi connectivity index (χ2n) is 4.24. The van der Waals surface area contributed by atoms with E-state index in [1.54, 1.807) is 18.2 Å². The maximum atomic E-state index is 13.3. The standard InChI is InChI=1S/C12H18FNO/c1-8(2)7-11(15)12(14)9-5-3-4-6-10(9)13/h3-6,8,11-12,15H,7,14H2,1-2H3/t11-,12+/m1/s1. The van der Waals surface area contributed by atoms with E-state index in [9.17, 15) is 9.50 Å². The summed E-state index contributed by atoms with van der Waals surface area (Å²) >= 11 is 0. The molecule has 0 aliphatic rings. The summed E-state index contributed by atoms with van der Waals surface area (Å²) in [6, 6.07) is 5.66. The predicted molar refractivity (Wildman–Crippen MR) is 58.8 cm³/mol. The summed E-state index contributed by atoms with van der Waals surface area (Å²) in [6.07, 6.45) is -0.114. The van der Waals surface area contributed by atoms with Crippen molar-refractivity contribution in [1.29, 1.82) is 0 Å². The average molecular weight is 211 g/mol. The molecule has 1 aromatic rings. The Kier molecular flexibility index (Phi) is 4.24. The van der Waals surface area contributed by atoms with Crippen LogP contribution in [0, 0.1) is 11.7 Å². The van der Waals surface area contributed by atoms with Crippen LogP contribution in [-0.4, -0.2) is 11.2 Å². The SMILES string of the molecule is CC(C)C[C@@H](O)[C@@H](N)c1ccccc1F. The van der Waals surface area contributed by atoms with Crippen molar-refractivity contribution in [1.82, 2.24) is 0 Å². The van der Waals surface area contributed by atoms with E-state index in [-0.39, 0.29) is 5.82 Å². The van der Waals surface area contributed by atoms with Gasteiger partial charge < -0.3 is 10.8 Å². The van der Waals surface area contributed by atoms with E-state index >= 15 is 0 Å². The fourth-order valence-electron chi connectivity index (χ4n) is 1.58. The van der Waals surface area contributed by atoms with E-state index in [1.807, 2.05) is 13.8 Å². The van der Waals surface area contributed by atoms with Crippen LogP contribution in [-0.2, 0) is 0 Å². The predicted octanol–water partition coefficient (Wildman–Crippen LogP) is 2.23. The average Bonchev–Trinajstić information content (AvgIpc) is 2.16. The number of benzene rings is 1. The normalized spacial score (nSPS) is 15.3. The number of nitrogens with two attached hydrogens (primary N) is 1. The molecule has 0 heterocycles. The smallest absolute Gasteiger partial charge is 0.128 e. The molecule has 0 spiro atoms. The topological polar surface area (TPSA) is 46.2 Å². The molecular formula is C12H18FNO. The van der Waals surface area contributed by atoms with Crippen LogP contribution in [0.2, 0.25) is 0 Å². The van der Waals surface area contributed by atoms with Crippen LogP contribution in [0.5, 0.6) is 0 Å². The Morgan fingerprint density at radius 2 is 1.93 bits per heavy atom. The lowest BCUT2D eigenvalue weighted by atomic mass is 9.95. The van der Waals surface area contributed by atoms with Crippen LogP contribution in [0.4, 0.5) is 4.39 Å². The molecule has 0 aromatic heterocycles. The van der Waals surface area contributed by atoms with Crippen molar-refractivity contribution in [3.05, 3.63) is 35.6 Å². The fourth-order valence-corrected chi connectivity index (χ4v) is 1.58. The van der Waals surface area contributed by atoms with Gasteiger partial charge in [0.2, 0.25) is 0 Å². The zero-order valence-corrected chi connectivity index (χ0v) is 9.15. The van der Waals surface area contributed by atoms with Crippen LogP contribution in [0.25, 0.3) is 0 Å². The first-order chi connectivity index (χ1) is 7.02. The molecule has 3 heteroatoms. The second kappa shape index (κ2) is 5.24. The van der Waals surface area contributed by atoms with Gasteiger partial charge in [-0.25, -0.2) is 4.39 Å². The van der Waals surface area contributed by atoms with Crippen molar-refractivity contribution in [3.63, 3.8) is 0 Å². The minimum absolute atomic E-state index is 0.345. The number of halogens is 1. The van der Waals surface area contributed by atoms with Gasteiger partial charge in [0, 0.05) is 5.56 Å². The number of aliphatic hydroxyl groups is 1. The van der Waals surface area contributed by atoms with E-state index in [2.05, 4.69) is 0 Å². The summed E-state index contributed by atoms with van der Waals surface area (Å²) < 4.78 is 13.3. The van der Waals surface area contributed by atoms with Gasteiger partial charge in [-0.2, -0.15) is 0 Å². The molecule has 0 saturated heterocycles. The molecule has 2 nitrogen and oxygen atoms in total. The molecule has 0 saturated carbocycles. The van der Waals surface area contributed by atoms with E-state index in [0.717, 1.165) is 0 Å². The summed E-state index contributed by atoms with van der Waals surface area (Å²) in [7, 11) is 0. The third-order valence-corrected chi connectivity index (χ3v) is 2.39. The van der Waals surface area contributed by atoms with Gasteiger partial charge in [-0.1, -0.05) is 32.0 Å². The molecule has 2 atom stereocenters. The third kappa shape index (κ3) is 3.29. The van der Waals surface area contributed by atoms with Crippen LogP contribution >= 0.6 is 0 Å². The van der Waals surface area contributed by atoms with Gasteiger partial charge in [-0.3, -0.25) is 0 Å². The molecule has 15 heavy (non-hydrogen) atoms. The monoisotopic (exact) mass is 211 g/mol. The molecule has 0 radical (unpaired) electrons. The molecule has 0 fully saturated rings. The molecule has 0 amide bonds. The van der Waals surface area contributed by atoms with Crippen molar-refractivity contribution in [2.45, 2.75) is 32.4 Å². The zero-order valence-electron chi connectivity index (χ0n) is 9.15. The zero-order chi connectivity index (χ0) is 11.4. The Labute approximate surface area is 89.9 Å². The van der Waals surface area contributed by atoms with Crippen molar-refractivity contribution < 1.29 is 9.50 Å². The van der Waals surface area contributed by atoms with Gasteiger partial charge in [-0.05, 0) is 18.4 Å². The Hall–Kier alpha value is -0.930. The highest BCUT2D eigenvalue weighted by atomic mass is 19.1. The summed E-state index contributed by atoms with van der Waals surface area (Å²) in [5, 5.41) is 9.77. The molecule has 0 aliphatic carbocycles. The van der Waals surface area contributed by atoms with Gasteiger partial charge in [0.1, 0.15) is 5.82 Å². The Balaban J connectivity index is 2.76. The summed E-state index contributed by atoms with van der Waals surface area (Å²) in [5.41, 5.74) is 6.18. The first-order valence-corrected chi connectivity index (χ1v) is 5.20. The maximum absolute atomic E-state index is 13.3. The first kappa shape index (κ1) is 12.1. The van der Waals surface area contributed by atoms with Gasteiger partial charge >= 0.3 is 0 Å². The highest BCUT2D eigenvalue weighted by Crippen LogP contribution is 2.21. The number of rotatable bonds is 4. The second-order valence-corrected chi connectivity index (χ2v) is 4.24. The number of hydrogen-bond donors (Lipinski definition) is 2. The van der Waals surface area contributed by atoms with E-state index in [4.69, 9.17) is 5.73 Å². The molecule has 3 N–H and O–H groups in total. The van der Waals surface area contributed by atoms with Crippen molar-refractivity contribution in [3.8, 4) is 0 Å². The largest absolute Gasteiger partial charge is 0.391 e. The molecule has 1 aromatic carbocycles. The molecular weight excluding hydrogens is 193 g/mol. The summed E-state index contributed by atoms with van der Waals surface area (Å²) in [5.74, 6) is -0.00868. The maximum Gasteiger partial charge on any atom is 0.128 e. The lowest BCUT2D eigenvalue weighted by molar-refractivity contribution is 0.119. The summed E-state index contributed by atoms with van der Waals surface area (Å²) in [6.45, 7) is 3.99. The third-order valence-electron chi connectivity index (χ3n) is 2.39. The lowest BCUT2D eigenvalue weighted by Gasteiger charge is -2.21. The minimum Gasteiger partial charge on any atom is -0.391 e.